The Labute approximate surface area is 210 Å². The van der Waals surface area contributed by atoms with Gasteiger partial charge < -0.3 is 69.2 Å². The third-order valence-electron chi connectivity index (χ3n) is 1.38. The van der Waals surface area contributed by atoms with Crippen molar-refractivity contribution in [3.8, 4) is 0 Å². The molecule has 0 bridgehead atoms. The van der Waals surface area contributed by atoms with Crippen LogP contribution in [-0.2, 0) is 70.3 Å². The Balaban J connectivity index is -0.000000163. The summed E-state index contributed by atoms with van der Waals surface area (Å²) in [4.78, 5) is 64.0. The number of hydrogen-bond donors (Lipinski definition) is 4. The highest BCUT2D eigenvalue weighted by Gasteiger charge is 2.09. The van der Waals surface area contributed by atoms with Crippen LogP contribution in [0.3, 0.4) is 0 Å². The Bertz CT molecular complexity index is 540. The minimum Gasteiger partial charge on any atom is -0.812 e. The Morgan fingerprint density at radius 2 is 0.844 bits per heavy atom. The van der Waals surface area contributed by atoms with E-state index < -0.39 is 27.0 Å². The van der Waals surface area contributed by atoms with Crippen LogP contribution in [0.2, 0.25) is 0 Å². The van der Waals surface area contributed by atoms with Gasteiger partial charge >= 0.3 is 13.4 Å². The summed E-state index contributed by atoms with van der Waals surface area (Å²) in [6.07, 6.45) is -1.10. The summed E-state index contributed by atoms with van der Waals surface area (Å²) in [5.41, 5.74) is 0. The third kappa shape index (κ3) is 63.6. The van der Waals surface area contributed by atoms with Crippen LogP contribution in [0.1, 0.15) is 55.4 Å². The molecule has 0 rings (SSSR count). The van der Waals surface area contributed by atoms with E-state index in [1.54, 1.807) is 55.4 Å². The average molecular weight is 621 g/mol. The first kappa shape index (κ1) is 41.2. The average Bonchev–Trinajstić information content (AvgIpc) is 2.26. The van der Waals surface area contributed by atoms with Crippen molar-refractivity contribution in [1.82, 2.24) is 0 Å². The molecule has 0 aromatic rings. The smallest absolute Gasteiger partial charge is 0.322 e. The van der Waals surface area contributed by atoms with Gasteiger partial charge in [-0.1, -0.05) is 6.72 Å². The van der Waals surface area contributed by atoms with Gasteiger partial charge in [-0.3, -0.25) is 0 Å². The van der Waals surface area contributed by atoms with Gasteiger partial charge in [0.25, 0.3) is 0 Å². The van der Waals surface area contributed by atoms with E-state index in [1.807, 2.05) is 0 Å². The van der Waals surface area contributed by atoms with Crippen molar-refractivity contribution in [2.45, 2.75) is 79.8 Å². The zero-order chi connectivity index (χ0) is 27.1. The van der Waals surface area contributed by atoms with E-state index in [0.717, 1.165) is 0 Å². The molecule has 0 amide bonds. The number of rotatable bonds is 8. The zero-order valence-corrected chi connectivity index (χ0v) is 25.6. The van der Waals surface area contributed by atoms with Crippen molar-refractivity contribution in [3.05, 3.63) is 0 Å². The summed E-state index contributed by atoms with van der Waals surface area (Å²) in [6.45, 7) is -1.37. The molecule has 12 nitrogen and oxygen atoms in total. The Morgan fingerprint density at radius 1 is 0.625 bits per heavy atom. The van der Waals surface area contributed by atoms with Crippen molar-refractivity contribution in [2.24, 2.45) is 0 Å². The summed E-state index contributed by atoms with van der Waals surface area (Å²) in [6, 6.07) is 0. The summed E-state index contributed by atoms with van der Waals surface area (Å²) >= 11 is 16.2. The molecule has 1 atom stereocenters. The van der Waals surface area contributed by atoms with E-state index in [1.165, 1.54) is 0 Å². The van der Waals surface area contributed by atoms with Crippen molar-refractivity contribution in [3.63, 3.8) is 0 Å². The van der Waals surface area contributed by atoms with Gasteiger partial charge in [0.05, 0.1) is 24.4 Å². The fraction of sp³-hybridized carbons (Fsp3) is 1.00. The first-order chi connectivity index (χ1) is 13.7. The molecule has 1 unspecified atom stereocenters. The predicted molar refractivity (Wildman–Crippen MR) is 132 cm³/mol. The fourth-order valence-corrected chi connectivity index (χ4v) is 5.26. The maximum atomic E-state index is 10.1. The zero-order valence-electron chi connectivity index (χ0n) is 18.8. The summed E-state index contributed by atoms with van der Waals surface area (Å²) in [7, 11) is 0. The van der Waals surface area contributed by atoms with Crippen LogP contribution < -0.4 is 14.7 Å². The molecule has 0 aliphatic carbocycles. The van der Waals surface area contributed by atoms with Crippen molar-refractivity contribution in [1.29, 1.82) is 0 Å². The lowest BCUT2D eigenvalue weighted by Gasteiger charge is -2.35. The van der Waals surface area contributed by atoms with E-state index in [-0.39, 0.29) is 24.4 Å². The molecular weight excluding hydrogens is 588 g/mol. The van der Waals surface area contributed by atoms with Crippen molar-refractivity contribution < 1.29 is 56.9 Å². The molecule has 0 aromatic carbocycles. The Morgan fingerprint density at radius 3 is 0.844 bits per heavy atom. The molecule has 0 aromatic heterocycles. The van der Waals surface area contributed by atoms with Crippen LogP contribution in [0.15, 0.2) is 0 Å². The lowest BCUT2D eigenvalue weighted by molar-refractivity contribution is -0.323. The van der Waals surface area contributed by atoms with E-state index in [0.29, 0.717) is 0 Å². The van der Waals surface area contributed by atoms with E-state index in [4.69, 9.17) is 19.6 Å². The molecule has 0 aliphatic rings. The highest BCUT2D eigenvalue weighted by Crippen LogP contribution is 2.38. The lowest BCUT2D eigenvalue weighted by Crippen LogP contribution is -2.18. The standard InChI is InChI=1S/4C3H9O3PS/c4*1-3(2)6-7(4,5)8/h4*3H,1-2H3,(H2,4,5,8)/p-4. The van der Waals surface area contributed by atoms with Gasteiger partial charge in [0.2, 0.25) is 0 Å². The third-order valence-corrected chi connectivity index (χ3v) is 5.16. The van der Waals surface area contributed by atoms with Crippen molar-refractivity contribution >= 4 is 74.6 Å². The summed E-state index contributed by atoms with van der Waals surface area (Å²) < 4.78 is 27.5. The minimum absolute atomic E-state index is 0.212. The largest absolute Gasteiger partial charge is 0.812 e. The van der Waals surface area contributed by atoms with Gasteiger partial charge in [0.1, 0.15) is 0 Å². The summed E-state index contributed by atoms with van der Waals surface area (Å²) in [5.74, 6) is 0. The second-order valence-corrected chi connectivity index (χ2v) is 16.6. The lowest BCUT2D eigenvalue weighted by atomic mass is 10.5. The predicted octanol–water partition coefficient (Wildman–Crippen LogP) is 1.02. The first-order valence-corrected chi connectivity index (χ1v) is 18.9. The van der Waals surface area contributed by atoms with Crippen LogP contribution in [0.25, 0.3) is 0 Å². The van der Waals surface area contributed by atoms with Crippen molar-refractivity contribution in [2.75, 3.05) is 0 Å². The molecule has 0 heterocycles. The van der Waals surface area contributed by atoms with E-state index in [2.05, 4.69) is 65.8 Å². The molecule has 200 valence electrons. The maximum Gasteiger partial charge on any atom is 0.322 e. The molecule has 4 N–H and O–H groups in total. The highest BCUT2D eigenvalue weighted by molar-refractivity contribution is 8.31. The van der Waals surface area contributed by atoms with Crippen LogP contribution in [0.4, 0.5) is 0 Å². The van der Waals surface area contributed by atoms with E-state index >= 15 is 0 Å². The molecule has 0 saturated carbocycles. The topological polar surface area (TPSA) is 204 Å². The maximum absolute atomic E-state index is 10.1. The second-order valence-electron chi connectivity index (χ2n) is 6.49. The molecule has 20 heteroatoms. The van der Waals surface area contributed by atoms with Crippen LogP contribution in [0.5, 0.6) is 0 Å². The monoisotopic (exact) mass is 620 g/mol. The second kappa shape index (κ2) is 19.2. The fourth-order valence-electron chi connectivity index (χ4n) is 1.07. The SMILES string of the molecule is CC(C)OP(=O)([O-])[S-].CC(C)OP(O)(O)=S.CC(C)OP(O)(O)=S.CC(C)OP([O-])([O-])=S. The van der Waals surface area contributed by atoms with Crippen LogP contribution in [-0.4, -0.2) is 44.0 Å². The van der Waals surface area contributed by atoms with Crippen LogP contribution >= 0.6 is 27.0 Å². The molecule has 0 saturated heterocycles. The molecule has 0 spiro atoms. The molecule has 0 aliphatic heterocycles. The normalized spacial score (nSPS) is 14.1. The van der Waals surface area contributed by atoms with Gasteiger partial charge in [-0.05, 0) is 79.0 Å². The molecule has 0 radical (unpaired) electrons. The van der Waals surface area contributed by atoms with Gasteiger partial charge in [0, 0.05) is 6.80 Å². The molecule has 32 heavy (non-hydrogen) atoms. The molecule has 0 fully saturated rings. The first-order valence-electron chi connectivity index (χ1n) is 8.55. The summed E-state index contributed by atoms with van der Waals surface area (Å²) in [5, 5.41) is 0. The van der Waals surface area contributed by atoms with Gasteiger partial charge in [-0.25, -0.2) is 0 Å². The number of hydrogen-bond acceptors (Lipinski definition) is 12. The quantitative estimate of drug-likeness (QED) is 0.221. The molecular formula is C12H32O12P4S4-4. The Kier molecular flexibility index (Phi) is 24.8. The van der Waals surface area contributed by atoms with E-state index in [9.17, 15) is 19.2 Å². The Hall–Kier alpha value is 2.09. The van der Waals surface area contributed by atoms with Crippen LogP contribution in [0, 0.1) is 0 Å². The minimum atomic E-state index is -3.89. The van der Waals surface area contributed by atoms with Gasteiger partial charge in [-0.2, -0.15) is 0 Å². The van der Waals surface area contributed by atoms with Gasteiger partial charge in [0.15, 0.2) is 0 Å². The highest BCUT2D eigenvalue weighted by atomic mass is 32.7. The van der Waals surface area contributed by atoms with Gasteiger partial charge in [-0.15, -0.1) is 11.8 Å².